The number of rotatable bonds is 9. The molecule has 0 bridgehead atoms. The number of Topliss-reactive ketones (excluding diaryl/α,β-unsaturated/α-hetero) is 1. The van der Waals surface area contributed by atoms with Crippen molar-refractivity contribution < 1.29 is 14.7 Å². The Bertz CT molecular complexity index is 1100. The molecular weight excluding hydrogens is 422 g/mol. The highest BCUT2D eigenvalue weighted by atomic mass is 16.3. The van der Waals surface area contributed by atoms with Crippen molar-refractivity contribution in [2.45, 2.75) is 45.3 Å². The van der Waals surface area contributed by atoms with Gasteiger partial charge in [-0.05, 0) is 54.4 Å². The second kappa shape index (κ2) is 11.3. The summed E-state index contributed by atoms with van der Waals surface area (Å²) < 4.78 is 0. The van der Waals surface area contributed by atoms with Crippen molar-refractivity contribution >= 4 is 11.7 Å². The summed E-state index contributed by atoms with van der Waals surface area (Å²) in [7, 11) is 0. The number of benzene rings is 3. The Kier molecular flexibility index (Phi) is 7.91. The van der Waals surface area contributed by atoms with E-state index >= 15 is 0 Å². The lowest BCUT2D eigenvalue weighted by molar-refractivity contribution is -0.146. The van der Waals surface area contributed by atoms with Gasteiger partial charge in [0.1, 0.15) is 5.78 Å². The fourth-order valence-corrected chi connectivity index (χ4v) is 5.07. The number of nitrogens with zero attached hydrogens (tertiary/aromatic N) is 1. The van der Waals surface area contributed by atoms with Crippen molar-refractivity contribution in [3.05, 3.63) is 96.1 Å². The molecule has 0 spiro atoms. The minimum absolute atomic E-state index is 0.00538. The molecule has 3 atom stereocenters. The van der Waals surface area contributed by atoms with Gasteiger partial charge in [-0.2, -0.15) is 0 Å². The maximum absolute atomic E-state index is 13.3. The van der Waals surface area contributed by atoms with Crippen LogP contribution in [0.5, 0.6) is 0 Å². The van der Waals surface area contributed by atoms with Crippen LogP contribution in [0.2, 0.25) is 0 Å². The number of hydrogen-bond acceptors (Lipinski definition) is 3. The fourth-order valence-electron chi connectivity index (χ4n) is 5.07. The van der Waals surface area contributed by atoms with Crippen LogP contribution in [0.4, 0.5) is 0 Å². The van der Waals surface area contributed by atoms with Crippen molar-refractivity contribution in [1.29, 1.82) is 0 Å². The normalized spacial score (nSPS) is 17.9. The summed E-state index contributed by atoms with van der Waals surface area (Å²) in [6.07, 6.45) is 1.49. The molecule has 1 aliphatic rings. The molecule has 0 radical (unpaired) electrons. The van der Waals surface area contributed by atoms with Gasteiger partial charge in [-0.25, -0.2) is 0 Å². The van der Waals surface area contributed by atoms with E-state index < -0.39 is 12.0 Å². The average Bonchev–Trinajstić information content (AvgIpc) is 2.86. The lowest BCUT2D eigenvalue weighted by Crippen LogP contribution is -2.47. The Hall–Kier alpha value is -3.24. The van der Waals surface area contributed by atoms with E-state index in [1.165, 1.54) is 0 Å². The minimum atomic E-state index is -0.852. The molecule has 1 heterocycles. The van der Waals surface area contributed by atoms with Gasteiger partial charge in [-0.3, -0.25) is 4.79 Å². The second-order valence-electron chi connectivity index (χ2n) is 9.42. The summed E-state index contributed by atoms with van der Waals surface area (Å²) in [5.74, 6) is -0.741. The van der Waals surface area contributed by atoms with E-state index in [2.05, 4.69) is 24.3 Å². The zero-order valence-corrected chi connectivity index (χ0v) is 19.8. The molecule has 4 nitrogen and oxygen atoms in total. The zero-order valence-electron chi connectivity index (χ0n) is 19.8. The van der Waals surface area contributed by atoms with Gasteiger partial charge < -0.3 is 14.8 Å². The summed E-state index contributed by atoms with van der Waals surface area (Å²) in [5, 5.41) is 11.4. The molecular formula is C30H33NO3. The first kappa shape index (κ1) is 23.9. The topological polar surface area (TPSA) is 57.6 Å². The number of aliphatic hydroxyl groups excluding tert-OH is 1. The molecule has 4 heteroatoms. The molecule has 0 unspecified atom stereocenters. The van der Waals surface area contributed by atoms with Crippen LogP contribution in [0.1, 0.15) is 37.3 Å². The summed E-state index contributed by atoms with van der Waals surface area (Å²) in [5.41, 5.74) is 4.39. The maximum atomic E-state index is 13.3. The van der Waals surface area contributed by atoms with E-state index in [4.69, 9.17) is 0 Å². The lowest BCUT2D eigenvalue weighted by atomic mass is 9.79. The van der Waals surface area contributed by atoms with Crippen LogP contribution in [0.3, 0.4) is 0 Å². The first-order chi connectivity index (χ1) is 16.5. The van der Waals surface area contributed by atoms with E-state index in [0.29, 0.717) is 25.9 Å². The van der Waals surface area contributed by atoms with E-state index in [1.807, 2.05) is 65.6 Å². The number of amides is 1. The monoisotopic (exact) mass is 455 g/mol. The van der Waals surface area contributed by atoms with Crippen LogP contribution in [-0.2, 0) is 22.6 Å². The van der Waals surface area contributed by atoms with Gasteiger partial charge in [-0.15, -0.1) is 0 Å². The van der Waals surface area contributed by atoms with Gasteiger partial charge in [0.05, 0.1) is 12.0 Å². The third kappa shape index (κ3) is 6.00. The Balaban J connectivity index is 1.51. The molecule has 34 heavy (non-hydrogen) atoms. The zero-order chi connectivity index (χ0) is 23.9. The minimum Gasteiger partial charge on any atom is -0.392 e. The summed E-state index contributed by atoms with van der Waals surface area (Å²) >= 11 is 0. The molecule has 1 saturated heterocycles. The quantitative estimate of drug-likeness (QED) is 0.477. The first-order valence-corrected chi connectivity index (χ1v) is 12.2. The molecule has 1 aliphatic heterocycles. The standard InChI is InChI=1S/C30H33NO3/c1-22(32)18-27(20-24-12-8-15-26(19-24)25-13-6-3-7-14-25)29(33)28-16-9-17-31(30(28)34)21-23-10-4-2-5-11-23/h2-8,10-15,19,27-29,33H,9,16-18,20-21H2,1H3/t27-,28-,29-/m0/s1. The predicted molar refractivity (Wildman–Crippen MR) is 135 cm³/mol. The largest absolute Gasteiger partial charge is 0.392 e. The van der Waals surface area contributed by atoms with Crippen LogP contribution >= 0.6 is 0 Å². The van der Waals surface area contributed by atoms with Gasteiger partial charge in [0, 0.05) is 19.5 Å². The van der Waals surface area contributed by atoms with Crippen LogP contribution in [-0.4, -0.2) is 34.3 Å². The number of carbonyl (C=O) groups is 2. The van der Waals surface area contributed by atoms with Gasteiger partial charge in [0.25, 0.3) is 0 Å². The third-order valence-electron chi connectivity index (χ3n) is 6.77. The van der Waals surface area contributed by atoms with E-state index in [0.717, 1.165) is 28.7 Å². The summed E-state index contributed by atoms with van der Waals surface area (Å²) in [6, 6.07) is 28.4. The van der Waals surface area contributed by atoms with E-state index in [1.54, 1.807) is 6.92 Å². The van der Waals surface area contributed by atoms with Crippen LogP contribution < -0.4 is 0 Å². The van der Waals surface area contributed by atoms with E-state index in [-0.39, 0.29) is 24.0 Å². The van der Waals surface area contributed by atoms with Crippen molar-refractivity contribution in [2.75, 3.05) is 6.54 Å². The summed E-state index contributed by atoms with van der Waals surface area (Å²) in [6.45, 7) is 2.82. The van der Waals surface area contributed by atoms with Crippen molar-refractivity contribution in [3.8, 4) is 11.1 Å². The molecule has 0 aromatic heterocycles. The van der Waals surface area contributed by atoms with Gasteiger partial charge >= 0.3 is 0 Å². The third-order valence-corrected chi connectivity index (χ3v) is 6.77. The first-order valence-electron chi connectivity index (χ1n) is 12.2. The van der Waals surface area contributed by atoms with E-state index in [9.17, 15) is 14.7 Å². The molecule has 1 N–H and O–H groups in total. The molecule has 1 amide bonds. The number of hydrogen-bond donors (Lipinski definition) is 1. The highest BCUT2D eigenvalue weighted by molar-refractivity contribution is 5.80. The Morgan fingerprint density at radius 1 is 0.941 bits per heavy atom. The molecule has 176 valence electrons. The highest BCUT2D eigenvalue weighted by Crippen LogP contribution is 2.31. The number of piperidine rings is 1. The van der Waals surface area contributed by atoms with Crippen LogP contribution in [0.25, 0.3) is 11.1 Å². The van der Waals surface area contributed by atoms with Crippen molar-refractivity contribution in [3.63, 3.8) is 0 Å². The lowest BCUT2D eigenvalue weighted by Gasteiger charge is -2.37. The Labute approximate surface area is 202 Å². The summed E-state index contributed by atoms with van der Waals surface area (Å²) in [4.78, 5) is 27.3. The van der Waals surface area contributed by atoms with Gasteiger partial charge in [0.2, 0.25) is 5.91 Å². The molecule has 0 aliphatic carbocycles. The fraction of sp³-hybridized carbons (Fsp3) is 0.333. The number of likely N-dealkylation sites (tertiary alicyclic amines) is 1. The molecule has 4 rings (SSSR count). The maximum Gasteiger partial charge on any atom is 0.228 e. The number of carbonyl (C=O) groups excluding carboxylic acids is 2. The Morgan fingerprint density at radius 2 is 1.59 bits per heavy atom. The van der Waals surface area contributed by atoms with Gasteiger partial charge in [0.15, 0.2) is 0 Å². The second-order valence-corrected chi connectivity index (χ2v) is 9.42. The van der Waals surface area contributed by atoms with Crippen LogP contribution in [0, 0.1) is 11.8 Å². The molecule has 1 fully saturated rings. The smallest absolute Gasteiger partial charge is 0.228 e. The van der Waals surface area contributed by atoms with Crippen LogP contribution in [0.15, 0.2) is 84.9 Å². The van der Waals surface area contributed by atoms with Crippen molar-refractivity contribution in [1.82, 2.24) is 4.90 Å². The predicted octanol–water partition coefficient (Wildman–Crippen LogP) is 5.29. The Morgan fingerprint density at radius 3 is 2.29 bits per heavy atom. The molecule has 0 saturated carbocycles. The number of ketones is 1. The SMILES string of the molecule is CC(=O)C[C@@H](Cc1cccc(-c2ccccc2)c1)[C@H](O)[C@@H]1CCCN(Cc2ccccc2)C1=O. The average molecular weight is 456 g/mol. The molecule has 3 aromatic carbocycles. The van der Waals surface area contributed by atoms with Gasteiger partial charge in [-0.1, -0.05) is 84.9 Å². The van der Waals surface area contributed by atoms with Crippen molar-refractivity contribution in [2.24, 2.45) is 11.8 Å². The highest BCUT2D eigenvalue weighted by Gasteiger charge is 2.38. The number of aliphatic hydroxyl groups is 1. The molecule has 3 aromatic rings.